The van der Waals surface area contributed by atoms with Crippen LogP contribution in [0.2, 0.25) is 0 Å². The molecular formula is C17H25N3O. The van der Waals surface area contributed by atoms with Gasteiger partial charge >= 0.3 is 0 Å². The number of nitrogens with zero attached hydrogens (tertiary/aromatic N) is 2. The van der Waals surface area contributed by atoms with Crippen LogP contribution < -0.4 is 5.32 Å². The van der Waals surface area contributed by atoms with Gasteiger partial charge in [0.15, 0.2) is 0 Å². The Morgan fingerprint density at radius 2 is 2.00 bits per heavy atom. The maximum Gasteiger partial charge on any atom is 0.0645 e. The third-order valence-electron chi connectivity index (χ3n) is 3.60. The van der Waals surface area contributed by atoms with Crippen LogP contribution in [0.15, 0.2) is 42.7 Å². The first-order valence-electron chi connectivity index (χ1n) is 7.63. The SMILES string of the molecule is COCCCCCNC(C)c1cnn(-c2ccccc2)c1. The second-order valence-electron chi connectivity index (χ2n) is 5.28. The van der Waals surface area contributed by atoms with Crippen LogP contribution in [0.4, 0.5) is 0 Å². The van der Waals surface area contributed by atoms with Gasteiger partial charge in [-0.3, -0.25) is 0 Å². The Labute approximate surface area is 127 Å². The molecule has 2 rings (SSSR count). The van der Waals surface area contributed by atoms with Gasteiger partial charge < -0.3 is 10.1 Å². The van der Waals surface area contributed by atoms with E-state index in [1.54, 1.807) is 7.11 Å². The van der Waals surface area contributed by atoms with Crippen LogP contribution in [-0.4, -0.2) is 30.0 Å². The quantitative estimate of drug-likeness (QED) is 0.719. The zero-order valence-electron chi connectivity index (χ0n) is 13.0. The van der Waals surface area contributed by atoms with Gasteiger partial charge in [-0.2, -0.15) is 5.10 Å². The molecule has 0 aliphatic rings. The number of benzene rings is 1. The van der Waals surface area contributed by atoms with Gasteiger partial charge in [-0.1, -0.05) is 18.2 Å². The van der Waals surface area contributed by atoms with Gasteiger partial charge in [-0.15, -0.1) is 0 Å². The fourth-order valence-corrected chi connectivity index (χ4v) is 2.27. The smallest absolute Gasteiger partial charge is 0.0645 e. The summed E-state index contributed by atoms with van der Waals surface area (Å²) in [4.78, 5) is 0. The van der Waals surface area contributed by atoms with Gasteiger partial charge in [-0.25, -0.2) is 4.68 Å². The van der Waals surface area contributed by atoms with E-state index in [4.69, 9.17) is 4.74 Å². The lowest BCUT2D eigenvalue weighted by molar-refractivity contribution is 0.192. The van der Waals surface area contributed by atoms with Gasteiger partial charge in [0.05, 0.1) is 11.9 Å². The number of aromatic nitrogens is 2. The molecular weight excluding hydrogens is 262 g/mol. The van der Waals surface area contributed by atoms with Crippen LogP contribution in [0, 0.1) is 0 Å². The number of ether oxygens (including phenoxy) is 1. The summed E-state index contributed by atoms with van der Waals surface area (Å²) in [5.41, 5.74) is 2.31. The van der Waals surface area contributed by atoms with E-state index in [0.29, 0.717) is 6.04 Å². The molecule has 1 aromatic heterocycles. The van der Waals surface area contributed by atoms with E-state index in [1.807, 2.05) is 29.1 Å². The van der Waals surface area contributed by atoms with Crippen molar-refractivity contribution >= 4 is 0 Å². The van der Waals surface area contributed by atoms with Crippen LogP contribution in [0.25, 0.3) is 5.69 Å². The third-order valence-corrected chi connectivity index (χ3v) is 3.60. The first kappa shape index (κ1) is 15.7. The normalized spacial score (nSPS) is 12.5. The van der Waals surface area contributed by atoms with Gasteiger partial charge in [0.1, 0.15) is 0 Å². The molecule has 0 spiro atoms. The molecule has 0 radical (unpaired) electrons. The van der Waals surface area contributed by atoms with Gasteiger partial charge in [0.25, 0.3) is 0 Å². The van der Waals surface area contributed by atoms with Crippen molar-refractivity contribution in [2.45, 2.75) is 32.2 Å². The van der Waals surface area contributed by atoms with Crippen molar-refractivity contribution in [1.29, 1.82) is 0 Å². The Bertz CT molecular complexity index is 510. The minimum atomic E-state index is 0.324. The molecule has 21 heavy (non-hydrogen) atoms. The first-order valence-corrected chi connectivity index (χ1v) is 7.63. The van der Waals surface area contributed by atoms with E-state index >= 15 is 0 Å². The minimum Gasteiger partial charge on any atom is -0.385 e. The number of hydrogen-bond acceptors (Lipinski definition) is 3. The predicted molar refractivity (Wildman–Crippen MR) is 85.7 cm³/mol. The van der Waals surface area contributed by atoms with Crippen molar-refractivity contribution in [1.82, 2.24) is 15.1 Å². The second-order valence-corrected chi connectivity index (χ2v) is 5.28. The lowest BCUT2D eigenvalue weighted by Gasteiger charge is -2.11. The fourth-order valence-electron chi connectivity index (χ4n) is 2.27. The molecule has 1 atom stereocenters. The summed E-state index contributed by atoms with van der Waals surface area (Å²) >= 11 is 0. The number of methoxy groups -OCH3 is 1. The standard InChI is InChI=1S/C17H25N3O/c1-15(18-11-7-4-8-12-21-2)16-13-19-20(14-16)17-9-5-3-6-10-17/h3,5-6,9-10,13-15,18H,4,7-8,11-12H2,1-2H3. The van der Waals surface area contributed by atoms with Crippen molar-refractivity contribution in [3.63, 3.8) is 0 Å². The lowest BCUT2D eigenvalue weighted by atomic mass is 10.2. The molecule has 0 saturated carbocycles. The van der Waals surface area contributed by atoms with Crippen molar-refractivity contribution in [3.05, 3.63) is 48.3 Å². The van der Waals surface area contributed by atoms with E-state index in [2.05, 4.69) is 35.7 Å². The largest absolute Gasteiger partial charge is 0.385 e. The number of para-hydroxylation sites is 1. The minimum absolute atomic E-state index is 0.324. The molecule has 4 heteroatoms. The maximum atomic E-state index is 5.05. The van der Waals surface area contributed by atoms with E-state index < -0.39 is 0 Å². The lowest BCUT2D eigenvalue weighted by Crippen LogP contribution is -2.19. The maximum absolute atomic E-state index is 5.05. The van der Waals surface area contributed by atoms with Crippen LogP contribution in [0.3, 0.4) is 0 Å². The Morgan fingerprint density at radius 3 is 2.76 bits per heavy atom. The fraction of sp³-hybridized carbons (Fsp3) is 0.471. The summed E-state index contributed by atoms with van der Waals surface area (Å²) < 4.78 is 6.97. The third kappa shape index (κ3) is 4.99. The van der Waals surface area contributed by atoms with Crippen LogP contribution in [0.5, 0.6) is 0 Å². The van der Waals surface area contributed by atoms with E-state index in [0.717, 1.165) is 25.3 Å². The highest BCUT2D eigenvalue weighted by Crippen LogP contribution is 2.14. The first-order chi connectivity index (χ1) is 10.3. The second kappa shape index (κ2) is 8.60. The molecule has 1 N–H and O–H groups in total. The van der Waals surface area contributed by atoms with Crippen molar-refractivity contribution in [2.75, 3.05) is 20.3 Å². The molecule has 0 saturated heterocycles. The zero-order chi connectivity index (χ0) is 14.9. The van der Waals surface area contributed by atoms with Crippen molar-refractivity contribution in [3.8, 4) is 5.69 Å². The van der Waals surface area contributed by atoms with Crippen LogP contribution in [0.1, 0.15) is 37.8 Å². The Morgan fingerprint density at radius 1 is 1.19 bits per heavy atom. The molecule has 1 heterocycles. The molecule has 1 aromatic carbocycles. The number of unbranched alkanes of at least 4 members (excludes halogenated alkanes) is 2. The Hall–Kier alpha value is -1.65. The van der Waals surface area contributed by atoms with Gasteiger partial charge in [0.2, 0.25) is 0 Å². The molecule has 4 nitrogen and oxygen atoms in total. The highest BCUT2D eigenvalue weighted by atomic mass is 16.5. The Balaban J connectivity index is 1.78. The zero-order valence-corrected chi connectivity index (χ0v) is 13.0. The van der Waals surface area contributed by atoms with Crippen LogP contribution in [-0.2, 0) is 4.74 Å². The molecule has 1 unspecified atom stereocenters. The molecule has 0 aliphatic carbocycles. The molecule has 114 valence electrons. The highest BCUT2D eigenvalue weighted by Gasteiger charge is 2.07. The molecule has 0 bridgehead atoms. The number of nitrogens with one attached hydrogen (secondary N) is 1. The Kier molecular flexibility index (Phi) is 6.44. The topological polar surface area (TPSA) is 39.1 Å². The van der Waals surface area contributed by atoms with Crippen LogP contribution >= 0.6 is 0 Å². The summed E-state index contributed by atoms with van der Waals surface area (Å²) in [6.45, 7) is 4.07. The summed E-state index contributed by atoms with van der Waals surface area (Å²) in [5, 5.41) is 7.98. The summed E-state index contributed by atoms with van der Waals surface area (Å²) in [5.74, 6) is 0. The van der Waals surface area contributed by atoms with E-state index in [1.165, 1.54) is 18.4 Å². The molecule has 2 aromatic rings. The molecule has 0 fully saturated rings. The summed E-state index contributed by atoms with van der Waals surface area (Å²) in [7, 11) is 1.75. The molecule has 0 aliphatic heterocycles. The average molecular weight is 287 g/mol. The number of hydrogen-bond donors (Lipinski definition) is 1. The van der Waals surface area contributed by atoms with Gasteiger partial charge in [-0.05, 0) is 44.9 Å². The average Bonchev–Trinajstić information content (AvgIpc) is 3.01. The van der Waals surface area contributed by atoms with Crippen molar-refractivity contribution in [2.24, 2.45) is 0 Å². The van der Waals surface area contributed by atoms with E-state index in [-0.39, 0.29) is 0 Å². The molecule has 0 amide bonds. The van der Waals surface area contributed by atoms with Gasteiger partial charge in [0, 0.05) is 31.5 Å². The monoisotopic (exact) mass is 287 g/mol. The van der Waals surface area contributed by atoms with Crippen molar-refractivity contribution < 1.29 is 4.74 Å². The van der Waals surface area contributed by atoms with E-state index in [9.17, 15) is 0 Å². The predicted octanol–water partition coefficient (Wildman–Crippen LogP) is 3.34. The summed E-state index contributed by atoms with van der Waals surface area (Å²) in [6.07, 6.45) is 7.56. The number of rotatable bonds is 9. The summed E-state index contributed by atoms with van der Waals surface area (Å²) in [6, 6.07) is 10.5. The highest BCUT2D eigenvalue weighted by molar-refractivity contribution is 5.31.